The number of hydrazine groups is 1. The van der Waals surface area contributed by atoms with Crippen LogP contribution in [0.4, 0.5) is 23.1 Å². The van der Waals surface area contributed by atoms with Crippen molar-refractivity contribution in [2.24, 2.45) is 17.7 Å². The van der Waals surface area contributed by atoms with E-state index in [1.165, 1.54) is 30.4 Å². The SMILES string of the molecule is CC1=C(C(=O)N(C(=O)c2csc(N(CC(C)C)C3CC3)n2)[C@H](C=O)CC(C)C)SC(c2cccc(C(F)(F)F)c2)N1C(=O)NN. The molecule has 244 valence electrons. The zero-order valence-corrected chi connectivity index (χ0v) is 27.3. The van der Waals surface area contributed by atoms with Gasteiger partial charge in [0.2, 0.25) is 0 Å². The summed E-state index contributed by atoms with van der Waals surface area (Å²) in [7, 11) is 0. The van der Waals surface area contributed by atoms with E-state index in [4.69, 9.17) is 5.84 Å². The number of thioether (sulfide) groups is 1. The molecule has 45 heavy (non-hydrogen) atoms. The van der Waals surface area contributed by atoms with Crippen molar-refractivity contribution in [1.82, 2.24) is 20.2 Å². The molecule has 0 bridgehead atoms. The molecule has 2 heterocycles. The van der Waals surface area contributed by atoms with Crippen LogP contribution in [0.2, 0.25) is 0 Å². The molecule has 1 saturated carbocycles. The molecule has 1 fully saturated rings. The molecule has 1 aliphatic carbocycles. The number of amides is 4. The number of nitrogens with two attached hydrogens (primary N) is 1. The highest BCUT2D eigenvalue weighted by molar-refractivity contribution is 8.04. The lowest BCUT2D eigenvalue weighted by molar-refractivity contribution is -0.137. The van der Waals surface area contributed by atoms with Gasteiger partial charge < -0.3 is 9.69 Å². The Balaban J connectivity index is 1.73. The summed E-state index contributed by atoms with van der Waals surface area (Å²) in [6.45, 7) is 10.0. The number of carbonyl (C=O) groups is 4. The zero-order chi connectivity index (χ0) is 33.2. The van der Waals surface area contributed by atoms with Gasteiger partial charge in [-0.05, 0) is 55.7 Å². The Kier molecular flexibility index (Phi) is 10.6. The number of allylic oxidation sites excluding steroid dienone is 1. The predicted molar refractivity (Wildman–Crippen MR) is 167 cm³/mol. The van der Waals surface area contributed by atoms with Crippen molar-refractivity contribution in [2.75, 3.05) is 11.4 Å². The van der Waals surface area contributed by atoms with Crippen LogP contribution in [0.15, 0.2) is 40.2 Å². The van der Waals surface area contributed by atoms with Gasteiger partial charge in [0, 0.05) is 23.7 Å². The van der Waals surface area contributed by atoms with Gasteiger partial charge in [-0.1, -0.05) is 51.6 Å². The van der Waals surface area contributed by atoms with Gasteiger partial charge in [0.05, 0.1) is 16.5 Å². The van der Waals surface area contributed by atoms with Gasteiger partial charge in [0.15, 0.2) is 5.13 Å². The van der Waals surface area contributed by atoms with Crippen molar-refractivity contribution in [1.29, 1.82) is 0 Å². The molecule has 3 N–H and O–H groups in total. The number of benzene rings is 1. The van der Waals surface area contributed by atoms with Crippen LogP contribution in [0.3, 0.4) is 0 Å². The summed E-state index contributed by atoms with van der Waals surface area (Å²) >= 11 is 2.09. The van der Waals surface area contributed by atoms with E-state index in [0.29, 0.717) is 23.4 Å². The molecule has 0 radical (unpaired) electrons. The minimum absolute atomic E-state index is 0.000554. The molecule has 10 nitrogen and oxygen atoms in total. The highest BCUT2D eigenvalue weighted by atomic mass is 32.2. The van der Waals surface area contributed by atoms with Crippen LogP contribution in [-0.4, -0.2) is 57.5 Å². The number of anilines is 1. The van der Waals surface area contributed by atoms with E-state index in [-0.39, 0.29) is 34.2 Å². The normalized spacial score (nSPS) is 17.6. The summed E-state index contributed by atoms with van der Waals surface area (Å²) in [4.78, 5) is 62.2. The number of alkyl halides is 3. The number of hydrogen-bond donors (Lipinski definition) is 2. The highest BCUT2D eigenvalue weighted by Gasteiger charge is 2.44. The van der Waals surface area contributed by atoms with E-state index in [1.54, 1.807) is 5.38 Å². The van der Waals surface area contributed by atoms with Crippen molar-refractivity contribution in [3.63, 3.8) is 0 Å². The monoisotopic (exact) mass is 666 g/mol. The summed E-state index contributed by atoms with van der Waals surface area (Å²) in [5.74, 6) is 4.04. The van der Waals surface area contributed by atoms with Crippen LogP contribution in [0, 0.1) is 11.8 Å². The Morgan fingerprint density at radius 1 is 1.16 bits per heavy atom. The Bertz CT molecular complexity index is 1470. The molecule has 1 unspecified atom stereocenters. The lowest BCUT2D eigenvalue weighted by Crippen LogP contribution is -2.47. The maximum atomic E-state index is 14.3. The van der Waals surface area contributed by atoms with Crippen molar-refractivity contribution in [3.8, 4) is 0 Å². The van der Waals surface area contributed by atoms with Gasteiger partial charge in [-0.25, -0.2) is 15.6 Å². The quantitative estimate of drug-likeness (QED) is 0.0993. The van der Waals surface area contributed by atoms with E-state index >= 15 is 0 Å². The molecule has 4 rings (SSSR count). The fourth-order valence-corrected chi connectivity index (χ4v) is 7.36. The number of aldehydes is 1. The van der Waals surface area contributed by atoms with Gasteiger partial charge in [0.25, 0.3) is 11.8 Å². The van der Waals surface area contributed by atoms with E-state index in [2.05, 4.69) is 23.7 Å². The van der Waals surface area contributed by atoms with E-state index in [9.17, 15) is 32.3 Å². The Hall–Kier alpha value is -3.43. The number of aromatic nitrogens is 1. The molecular weight excluding hydrogens is 629 g/mol. The summed E-state index contributed by atoms with van der Waals surface area (Å²) in [6.07, 6.45) is -1.91. The maximum absolute atomic E-state index is 14.3. The molecule has 2 atom stereocenters. The molecule has 1 aromatic carbocycles. The zero-order valence-electron chi connectivity index (χ0n) is 25.6. The first-order valence-electron chi connectivity index (χ1n) is 14.6. The van der Waals surface area contributed by atoms with Crippen LogP contribution >= 0.6 is 23.1 Å². The molecule has 15 heteroatoms. The molecule has 0 spiro atoms. The van der Waals surface area contributed by atoms with Crippen LogP contribution in [-0.2, 0) is 15.8 Å². The summed E-state index contributed by atoms with van der Waals surface area (Å²) in [5.41, 5.74) is 1.20. The second kappa shape index (κ2) is 13.9. The van der Waals surface area contributed by atoms with E-state index in [1.807, 2.05) is 19.3 Å². The Morgan fingerprint density at radius 3 is 2.40 bits per heavy atom. The average molecular weight is 667 g/mol. The minimum Gasteiger partial charge on any atom is -0.345 e. The molecule has 1 aromatic heterocycles. The number of nitrogens with one attached hydrogen (secondary N) is 1. The fraction of sp³-hybridized carbons (Fsp3) is 0.500. The highest BCUT2D eigenvalue weighted by Crippen LogP contribution is 2.49. The molecule has 1 aliphatic heterocycles. The number of carbonyl (C=O) groups excluding carboxylic acids is 4. The van der Waals surface area contributed by atoms with E-state index < -0.39 is 41.0 Å². The number of urea groups is 1. The van der Waals surface area contributed by atoms with Crippen LogP contribution in [0.1, 0.15) is 80.9 Å². The number of thiazole rings is 1. The smallest absolute Gasteiger partial charge is 0.345 e. The van der Waals surface area contributed by atoms with Crippen molar-refractivity contribution >= 4 is 52.4 Å². The Morgan fingerprint density at radius 2 is 1.84 bits per heavy atom. The van der Waals surface area contributed by atoms with Gasteiger partial charge in [-0.2, -0.15) is 13.2 Å². The second-order valence-electron chi connectivity index (χ2n) is 11.9. The molecule has 2 aromatic rings. The third kappa shape index (κ3) is 7.69. The number of hydrogen-bond acceptors (Lipinski definition) is 9. The van der Waals surface area contributed by atoms with Crippen molar-refractivity contribution < 1.29 is 32.3 Å². The predicted octanol–water partition coefficient (Wildman–Crippen LogP) is 5.93. The van der Waals surface area contributed by atoms with Crippen LogP contribution < -0.4 is 16.2 Å². The third-order valence-electron chi connectivity index (χ3n) is 7.34. The average Bonchev–Trinajstić information content (AvgIpc) is 3.60. The number of nitrogens with zero attached hydrogens (tertiary/aromatic N) is 4. The first-order valence-corrected chi connectivity index (χ1v) is 16.3. The van der Waals surface area contributed by atoms with Gasteiger partial charge >= 0.3 is 12.2 Å². The van der Waals surface area contributed by atoms with Crippen molar-refractivity contribution in [2.45, 2.75) is 77.5 Å². The van der Waals surface area contributed by atoms with Crippen molar-refractivity contribution in [3.05, 3.63) is 57.1 Å². The molecule has 0 saturated heterocycles. The summed E-state index contributed by atoms with van der Waals surface area (Å²) in [6, 6.07) is 2.71. The largest absolute Gasteiger partial charge is 0.416 e. The second-order valence-corrected chi connectivity index (χ2v) is 13.9. The molecule has 2 aliphatic rings. The number of rotatable bonds is 11. The molecule has 4 amide bonds. The topological polar surface area (TPSA) is 129 Å². The lowest BCUT2D eigenvalue weighted by Gasteiger charge is -2.27. The first-order chi connectivity index (χ1) is 21.2. The van der Waals surface area contributed by atoms with E-state index in [0.717, 1.165) is 53.1 Å². The summed E-state index contributed by atoms with van der Waals surface area (Å²) in [5, 5.41) is 1.10. The van der Waals surface area contributed by atoms with Crippen LogP contribution in [0.5, 0.6) is 0 Å². The van der Waals surface area contributed by atoms with Gasteiger partial charge in [-0.15, -0.1) is 11.3 Å². The number of halogens is 3. The van der Waals surface area contributed by atoms with Gasteiger partial charge in [-0.3, -0.25) is 24.8 Å². The summed E-state index contributed by atoms with van der Waals surface area (Å²) < 4.78 is 40.6. The van der Waals surface area contributed by atoms with Crippen LogP contribution in [0.25, 0.3) is 0 Å². The fourth-order valence-electron chi connectivity index (χ4n) is 5.14. The maximum Gasteiger partial charge on any atom is 0.416 e. The Labute approximate surface area is 268 Å². The minimum atomic E-state index is -4.64. The first kappa shape index (κ1) is 34.4. The van der Waals surface area contributed by atoms with Gasteiger partial charge in [0.1, 0.15) is 17.4 Å². The number of imide groups is 1. The molecular formula is C30H37F3N6O4S2. The third-order valence-corrected chi connectivity index (χ3v) is 9.62. The standard InChI is InChI=1S/C30H37F3N6O4S2/c1-16(2)11-22(14-40)39(25(41)23-15-44-29(35-23)37(13-17(3)4)21-9-10-21)26(42)24-18(5)38(28(43)36-34)27(45-24)19-7-6-8-20(12-19)30(31,32)33/h6-8,12,14-17,21-22,27H,9-11,13,34H2,1-5H3,(H,36,43)/t22-,27?/m0/s1. The lowest BCUT2D eigenvalue weighted by atomic mass is 10.0.